The molecule has 1 aliphatic heterocycles. The maximum atomic E-state index is 10.8. The van der Waals surface area contributed by atoms with Gasteiger partial charge in [0.05, 0.1) is 23.3 Å². The molecule has 100 valence electrons. The van der Waals surface area contributed by atoms with Crippen molar-refractivity contribution < 1.29 is 14.8 Å². The Balaban J connectivity index is 1.64. The average molecular weight is 276 g/mol. The van der Waals surface area contributed by atoms with Crippen molar-refractivity contribution in [2.24, 2.45) is 5.92 Å². The first-order valence-electron chi connectivity index (χ1n) is 6.61. The van der Waals surface area contributed by atoms with Gasteiger partial charge in [0, 0.05) is 24.7 Å². The number of hydrogen-bond acceptors (Lipinski definition) is 4. The van der Waals surface area contributed by atoms with Crippen molar-refractivity contribution in [3.05, 3.63) is 29.3 Å². The van der Waals surface area contributed by atoms with Crippen LogP contribution in [0.5, 0.6) is 0 Å². The Morgan fingerprint density at radius 1 is 1.37 bits per heavy atom. The molecule has 5 heteroatoms. The van der Waals surface area contributed by atoms with Gasteiger partial charge in [0.2, 0.25) is 0 Å². The zero-order valence-electron chi connectivity index (χ0n) is 10.6. The molecule has 1 N–H and O–H groups in total. The fraction of sp³-hybridized carbons (Fsp3) is 0.429. The van der Waals surface area contributed by atoms with E-state index in [0.717, 1.165) is 43.0 Å². The van der Waals surface area contributed by atoms with Gasteiger partial charge in [-0.05, 0) is 12.1 Å². The molecule has 0 spiro atoms. The summed E-state index contributed by atoms with van der Waals surface area (Å²) in [5.74, 6) is -1.14. The number of carboxylic acid groups (broad SMARTS) is 1. The Labute approximate surface area is 115 Å². The lowest BCUT2D eigenvalue weighted by atomic mass is 9.97. The van der Waals surface area contributed by atoms with Crippen molar-refractivity contribution in [3.63, 3.8) is 0 Å². The second-order valence-corrected chi connectivity index (χ2v) is 6.21. The van der Waals surface area contributed by atoms with Gasteiger partial charge < -0.3 is 14.8 Å². The topological polar surface area (TPSA) is 57.5 Å². The van der Waals surface area contributed by atoms with Gasteiger partial charge in [-0.25, -0.2) is 4.98 Å². The molecule has 1 fully saturated rings. The van der Waals surface area contributed by atoms with E-state index in [1.165, 1.54) is 9.60 Å². The predicted molar refractivity (Wildman–Crippen MR) is 71.8 cm³/mol. The Morgan fingerprint density at radius 2 is 2.11 bits per heavy atom. The van der Waals surface area contributed by atoms with Crippen molar-refractivity contribution in [2.75, 3.05) is 13.1 Å². The van der Waals surface area contributed by atoms with Crippen LogP contribution in [0.2, 0.25) is 0 Å². The number of para-hydroxylation sites is 1. The number of carboxylic acids is 1. The highest BCUT2D eigenvalue weighted by Gasteiger charge is 2.23. The number of likely N-dealkylation sites (tertiary alicyclic amines) is 1. The third-order valence-corrected chi connectivity index (χ3v) is 4.80. The fourth-order valence-electron chi connectivity index (χ4n) is 2.65. The fourth-order valence-corrected chi connectivity index (χ4v) is 3.69. The number of nitrogens with one attached hydrogen (secondary N) is 1. The van der Waals surface area contributed by atoms with Crippen LogP contribution < -0.4 is 10.0 Å². The minimum atomic E-state index is -0.890. The number of carbonyl (C=O) groups is 1. The molecule has 0 aliphatic carbocycles. The van der Waals surface area contributed by atoms with Gasteiger partial charge in [-0.15, -0.1) is 11.3 Å². The van der Waals surface area contributed by atoms with Crippen LogP contribution in [-0.4, -0.2) is 24.0 Å². The molecule has 1 aromatic heterocycles. The molecule has 2 heterocycles. The number of aromatic nitrogens is 1. The number of thiazole rings is 1. The second-order valence-electron chi connectivity index (χ2n) is 5.10. The number of rotatable bonds is 3. The zero-order valence-corrected chi connectivity index (χ0v) is 11.4. The molecule has 0 saturated carbocycles. The predicted octanol–water partition coefficient (Wildman–Crippen LogP) is -0.159. The summed E-state index contributed by atoms with van der Waals surface area (Å²) >= 11 is 1.74. The number of benzene rings is 1. The van der Waals surface area contributed by atoms with Gasteiger partial charge in [0.1, 0.15) is 11.6 Å². The first kappa shape index (κ1) is 12.6. The van der Waals surface area contributed by atoms with E-state index in [-0.39, 0.29) is 5.92 Å². The summed E-state index contributed by atoms with van der Waals surface area (Å²) in [6, 6.07) is 8.16. The van der Waals surface area contributed by atoms with E-state index < -0.39 is 5.97 Å². The lowest BCUT2D eigenvalue weighted by Crippen LogP contribution is -3.11. The molecule has 0 radical (unpaired) electrons. The smallest absolute Gasteiger partial charge is 0.148 e. The summed E-state index contributed by atoms with van der Waals surface area (Å²) < 4.78 is 1.22. The Bertz CT molecular complexity index is 555. The summed E-state index contributed by atoms with van der Waals surface area (Å²) in [5, 5.41) is 11.9. The van der Waals surface area contributed by atoms with E-state index in [1.54, 1.807) is 11.3 Å². The number of carbonyl (C=O) groups excluding carboxylic acids is 1. The summed E-state index contributed by atoms with van der Waals surface area (Å²) in [5.41, 5.74) is 1.06. The molecule has 0 unspecified atom stereocenters. The largest absolute Gasteiger partial charge is 0.550 e. The molecular formula is C14H16N2O2S. The van der Waals surface area contributed by atoms with Crippen LogP contribution in [0.25, 0.3) is 10.2 Å². The van der Waals surface area contributed by atoms with E-state index >= 15 is 0 Å². The van der Waals surface area contributed by atoms with E-state index in [4.69, 9.17) is 0 Å². The third-order valence-electron chi connectivity index (χ3n) is 3.77. The normalized spacial score (nSPS) is 23.6. The molecule has 0 bridgehead atoms. The second kappa shape index (κ2) is 5.27. The zero-order chi connectivity index (χ0) is 13.2. The highest BCUT2D eigenvalue weighted by atomic mass is 32.1. The lowest BCUT2D eigenvalue weighted by Gasteiger charge is -2.29. The molecule has 19 heavy (non-hydrogen) atoms. The van der Waals surface area contributed by atoms with Crippen molar-refractivity contribution in [1.29, 1.82) is 0 Å². The van der Waals surface area contributed by atoms with Gasteiger partial charge in [-0.2, -0.15) is 0 Å². The molecule has 0 atom stereocenters. The SMILES string of the molecule is O=C([O-])C1CC[NH+](Cc2nc3ccccc3s2)CC1. The average Bonchev–Trinajstić information content (AvgIpc) is 2.81. The number of hydrogen-bond donors (Lipinski definition) is 1. The highest BCUT2D eigenvalue weighted by molar-refractivity contribution is 7.18. The number of nitrogens with zero attached hydrogens (tertiary/aromatic N) is 1. The molecule has 0 amide bonds. The number of aliphatic carboxylic acids is 1. The van der Waals surface area contributed by atoms with Crippen molar-refractivity contribution in [2.45, 2.75) is 19.4 Å². The van der Waals surface area contributed by atoms with E-state index in [1.807, 2.05) is 18.2 Å². The third kappa shape index (κ3) is 2.77. The number of quaternary nitrogens is 1. The van der Waals surface area contributed by atoms with Gasteiger partial charge in [0.15, 0.2) is 0 Å². The van der Waals surface area contributed by atoms with Crippen LogP contribution >= 0.6 is 11.3 Å². The van der Waals surface area contributed by atoms with Crippen LogP contribution in [0.3, 0.4) is 0 Å². The van der Waals surface area contributed by atoms with E-state index in [2.05, 4.69) is 11.1 Å². The van der Waals surface area contributed by atoms with Gasteiger partial charge in [-0.3, -0.25) is 0 Å². The van der Waals surface area contributed by atoms with Crippen molar-refractivity contribution >= 4 is 27.5 Å². The van der Waals surface area contributed by atoms with Crippen LogP contribution in [0, 0.1) is 5.92 Å². The lowest BCUT2D eigenvalue weighted by molar-refractivity contribution is -0.919. The number of piperidine rings is 1. The number of fused-ring (bicyclic) bond motifs is 1. The quantitative estimate of drug-likeness (QED) is 0.847. The van der Waals surface area contributed by atoms with Crippen LogP contribution in [0.4, 0.5) is 0 Å². The molecule has 1 aliphatic rings. The van der Waals surface area contributed by atoms with Gasteiger partial charge >= 0.3 is 0 Å². The first-order chi connectivity index (χ1) is 9.22. The van der Waals surface area contributed by atoms with Gasteiger partial charge in [-0.1, -0.05) is 12.1 Å². The first-order valence-corrected chi connectivity index (χ1v) is 7.43. The Kier molecular flexibility index (Phi) is 3.48. The maximum absolute atomic E-state index is 10.8. The summed E-state index contributed by atoms with van der Waals surface area (Å²) in [6.07, 6.45) is 1.45. The highest BCUT2D eigenvalue weighted by Crippen LogP contribution is 2.21. The summed E-state index contributed by atoms with van der Waals surface area (Å²) in [6.45, 7) is 2.70. The molecule has 1 saturated heterocycles. The van der Waals surface area contributed by atoms with Crippen molar-refractivity contribution in [1.82, 2.24) is 4.98 Å². The minimum Gasteiger partial charge on any atom is -0.550 e. The monoisotopic (exact) mass is 276 g/mol. The minimum absolute atomic E-state index is 0.251. The van der Waals surface area contributed by atoms with Crippen LogP contribution in [0.15, 0.2) is 24.3 Å². The maximum Gasteiger partial charge on any atom is 0.148 e. The van der Waals surface area contributed by atoms with Gasteiger partial charge in [0.25, 0.3) is 0 Å². The molecule has 3 rings (SSSR count). The van der Waals surface area contributed by atoms with Crippen LogP contribution in [0.1, 0.15) is 17.8 Å². The molecule has 4 nitrogen and oxygen atoms in total. The summed E-state index contributed by atoms with van der Waals surface area (Å²) in [7, 11) is 0. The standard InChI is InChI=1S/C14H16N2O2S/c17-14(18)10-5-7-16(8-6-10)9-13-15-11-3-1-2-4-12(11)19-13/h1-4,10H,5-9H2,(H,17,18). The molecular weight excluding hydrogens is 260 g/mol. The molecule has 1 aromatic carbocycles. The van der Waals surface area contributed by atoms with Crippen molar-refractivity contribution in [3.8, 4) is 0 Å². The van der Waals surface area contributed by atoms with E-state index in [0.29, 0.717) is 0 Å². The molecule has 2 aromatic rings. The van der Waals surface area contributed by atoms with Crippen LogP contribution in [-0.2, 0) is 11.3 Å². The van der Waals surface area contributed by atoms with E-state index in [9.17, 15) is 9.90 Å². The summed E-state index contributed by atoms with van der Waals surface area (Å²) in [4.78, 5) is 16.9. The Morgan fingerprint density at radius 3 is 2.79 bits per heavy atom. The Hall–Kier alpha value is -1.46.